The van der Waals surface area contributed by atoms with Gasteiger partial charge in [0.1, 0.15) is 22.5 Å². The van der Waals surface area contributed by atoms with Crippen LogP contribution in [0.25, 0.3) is 10.2 Å². The molecule has 0 saturated carbocycles. The number of rotatable bonds is 2. The van der Waals surface area contributed by atoms with Gasteiger partial charge in [0.15, 0.2) is 0 Å². The first-order valence-electron chi connectivity index (χ1n) is 6.32. The van der Waals surface area contributed by atoms with Gasteiger partial charge >= 0.3 is 5.97 Å². The molecule has 0 amide bonds. The topological polar surface area (TPSA) is 66.3 Å². The zero-order chi connectivity index (χ0) is 13.5. The fourth-order valence-electron chi connectivity index (χ4n) is 2.67. The lowest BCUT2D eigenvalue weighted by Gasteiger charge is -2.42. The van der Waals surface area contributed by atoms with E-state index in [1.807, 2.05) is 16.3 Å². The van der Waals surface area contributed by atoms with Gasteiger partial charge in [-0.3, -0.25) is 0 Å². The minimum absolute atomic E-state index is 0.651. The van der Waals surface area contributed by atoms with E-state index in [1.165, 1.54) is 6.33 Å². The molecule has 0 aliphatic carbocycles. The summed E-state index contributed by atoms with van der Waals surface area (Å²) in [5.74, 6) is -0.0370. The molecular weight excluding hydrogens is 262 g/mol. The van der Waals surface area contributed by atoms with Gasteiger partial charge < -0.3 is 10.0 Å². The van der Waals surface area contributed by atoms with Crippen molar-refractivity contribution >= 4 is 33.3 Å². The van der Waals surface area contributed by atoms with E-state index >= 15 is 0 Å². The minimum atomic E-state index is -0.874. The van der Waals surface area contributed by atoms with E-state index in [2.05, 4.69) is 9.97 Å². The van der Waals surface area contributed by atoms with Crippen LogP contribution in [0.4, 0.5) is 5.82 Å². The standard InChI is InChI=1S/C13H15N3O2S/c1-13(12(17)18)5-2-3-6-16(13)10-9-4-7-19-11(9)15-8-14-10/h4,7-8H,2-3,5-6H2,1H3,(H,17,18). The monoisotopic (exact) mass is 277 g/mol. The number of nitrogens with zero attached hydrogens (tertiary/aromatic N) is 3. The number of anilines is 1. The molecule has 1 aliphatic rings. The van der Waals surface area contributed by atoms with Crippen molar-refractivity contribution in [3.8, 4) is 0 Å². The number of thiophene rings is 1. The maximum absolute atomic E-state index is 11.7. The van der Waals surface area contributed by atoms with Crippen molar-refractivity contribution in [1.82, 2.24) is 9.97 Å². The Bertz CT molecular complexity index is 627. The van der Waals surface area contributed by atoms with Crippen LogP contribution in [0.15, 0.2) is 17.8 Å². The van der Waals surface area contributed by atoms with Crippen LogP contribution in [0.2, 0.25) is 0 Å². The Morgan fingerprint density at radius 3 is 3.11 bits per heavy atom. The second kappa shape index (κ2) is 4.45. The minimum Gasteiger partial charge on any atom is -0.480 e. The van der Waals surface area contributed by atoms with Gasteiger partial charge in [-0.1, -0.05) is 0 Å². The fraction of sp³-hybridized carbons (Fsp3) is 0.462. The van der Waals surface area contributed by atoms with Crippen LogP contribution >= 0.6 is 11.3 Å². The average Bonchev–Trinajstić information content (AvgIpc) is 2.87. The molecule has 1 N–H and O–H groups in total. The number of aliphatic carboxylic acids is 1. The summed E-state index contributed by atoms with van der Waals surface area (Å²) in [6.45, 7) is 2.51. The Labute approximate surface area is 114 Å². The van der Waals surface area contributed by atoms with Gasteiger partial charge in [0.25, 0.3) is 0 Å². The van der Waals surface area contributed by atoms with Gasteiger partial charge in [-0.2, -0.15) is 0 Å². The van der Waals surface area contributed by atoms with Gasteiger partial charge in [-0.15, -0.1) is 11.3 Å². The molecule has 1 atom stereocenters. The molecule has 3 rings (SSSR count). The Hall–Kier alpha value is -1.69. The summed E-state index contributed by atoms with van der Waals surface area (Å²) >= 11 is 1.55. The maximum Gasteiger partial charge on any atom is 0.329 e. The van der Waals surface area contributed by atoms with E-state index in [0.717, 1.165) is 35.4 Å². The largest absolute Gasteiger partial charge is 0.480 e. The second-order valence-corrected chi connectivity index (χ2v) is 5.92. The molecule has 2 aromatic heterocycles. The summed E-state index contributed by atoms with van der Waals surface area (Å²) < 4.78 is 0. The van der Waals surface area contributed by atoms with Crippen molar-refractivity contribution in [3.63, 3.8) is 0 Å². The van der Waals surface area contributed by atoms with Crippen LogP contribution in [-0.2, 0) is 4.79 Å². The number of carboxylic acid groups (broad SMARTS) is 1. The van der Waals surface area contributed by atoms with Crippen LogP contribution in [0, 0.1) is 0 Å². The highest BCUT2D eigenvalue weighted by Crippen LogP contribution is 2.36. The molecule has 0 radical (unpaired) electrons. The van der Waals surface area contributed by atoms with E-state index in [4.69, 9.17) is 0 Å². The SMILES string of the molecule is CC1(C(=O)O)CCCCN1c1ncnc2sccc12. The molecule has 3 heterocycles. The van der Waals surface area contributed by atoms with Gasteiger partial charge in [0.05, 0.1) is 5.39 Å². The Morgan fingerprint density at radius 1 is 1.47 bits per heavy atom. The van der Waals surface area contributed by atoms with Crippen molar-refractivity contribution in [2.45, 2.75) is 31.7 Å². The van der Waals surface area contributed by atoms with E-state index in [9.17, 15) is 9.90 Å². The van der Waals surface area contributed by atoms with Crippen molar-refractivity contribution in [3.05, 3.63) is 17.8 Å². The van der Waals surface area contributed by atoms with Gasteiger partial charge in [-0.25, -0.2) is 14.8 Å². The zero-order valence-electron chi connectivity index (χ0n) is 10.7. The lowest BCUT2D eigenvalue weighted by Crippen LogP contribution is -2.55. The highest BCUT2D eigenvalue weighted by Gasteiger charge is 2.42. The molecule has 1 aliphatic heterocycles. The highest BCUT2D eigenvalue weighted by atomic mass is 32.1. The summed E-state index contributed by atoms with van der Waals surface area (Å²) in [5.41, 5.74) is -0.874. The molecule has 100 valence electrons. The molecule has 1 unspecified atom stereocenters. The first kappa shape index (κ1) is 12.3. The number of fused-ring (bicyclic) bond motifs is 1. The molecule has 0 aromatic carbocycles. The highest BCUT2D eigenvalue weighted by molar-refractivity contribution is 7.16. The van der Waals surface area contributed by atoms with Gasteiger partial charge in [0.2, 0.25) is 0 Å². The molecule has 2 aromatic rings. The summed E-state index contributed by atoms with van der Waals surface area (Å²) in [5, 5.41) is 12.5. The van der Waals surface area contributed by atoms with Crippen molar-refractivity contribution < 1.29 is 9.90 Å². The normalized spacial score (nSPS) is 23.7. The van der Waals surface area contributed by atoms with Crippen molar-refractivity contribution in [2.75, 3.05) is 11.4 Å². The quantitative estimate of drug-likeness (QED) is 0.913. The Balaban J connectivity index is 2.13. The molecule has 19 heavy (non-hydrogen) atoms. The molecule has 5 nitrogen and oxygen atoms in total. The third kappa shape index (κ3) is 1.87. The summed E-state index contributed by atoms with van der Waals surface area (Å²) in [6, 6.07) is 1.96. The van der Waals surface area contributed by atoms with Crippen LogP contribution in [0.3, 0.4) is 0 Å². The Kier molecular flexibility index (Phi) is 2.89. The van der Waals surface area contributed by atoms with Crippen LogP contribution in [0.5, 0.6) is 0 Å². The van der Waals surface area contributed by atoms with Gasteiger partial charge in [0, 0.05) is 6.54 Å². The summed E-state index contributed by atoms with van der Waals surface area (Å²) in [4.78, 5) is 23.0. The third-order valence-corrected chi connectivity index (χ3v) is 4.67. The van der Waals surface area contributed by atoms with Gasteiger partial charge in [-0.05, 0) is 37.6 Å². The van der Waals surface area contributed by atoms with Crippen LogP contribution in [-0.4, -0.2) is 33.1 Å². The predicted molar refractivity (Wildman–Crippen MR) is 74.7 cm³/mol. The number of piperidine rings is 1. The smallest absolute Gasteiger partial charge is 0.329 e. The third-order valence-electron chi connectivity index (χ3n) is 3.85. The van der Waals surface area contributed by atoms with E-state index in [0.29, 0.717) is 6.42 Å². The van der Waals surface area contributed by atoms with E-state index in [1.54, 1.807) is 18.3 Å². The molecule has 1 saturated heterocycles. The van der Waals surface area contributed by atoms with Crippen LogP contribution < -0.4 is 4.90 Å². The van der Waals surface area contributed by atoms with Crippen LogP contribution in [0.1, 0.15) is 26.2 Å². The zero-order valence-corrected chi connectivity index (χ0v) is 11.5. The first-order chi connectivity index (χ1) is 9.13. The number of hydrogen-bond donors (Lipinski definition) is 1. The molecular formula is C13H15N3O2S. The number of carboxylic acids is 1. The number of carbonyl (C=O) groups is 1. The molecule has 0 bridgehead atoms. The summed E-state index contributed by atoms with van der Waals surface area (Å²) in [7, 11) is 0. The molecule has 0 spiro atoms. The fourth-order valence-corrected chi connectivity index (χ4v) is 3.40. The summed E-state index contributed by atoms with van der Waals surface area (Å²) in [6.07, 6.45) is 4.11. The lowest BCUT2D eigenvalue weighted by molar-refractivity contribution is -0.143. The Morgan fingerprint density at radius 2 is 2.32 bits per heavy atom. The lowest BCUT2D eigenvalue weighted by atomic mass is 9.88. The maximum atomic E-state index is 11.7. The average molecular weight is 277 g/mol. The number of hydrogen-bond acceptors (Lipinski definition) is 5. The predicted octanol–water partition coefficient (Wildman–Crippen LogP) is 2.52. The first-order valence-corrected chi connectivity index (χ1v) is 7.20. The number of aromatic nitrogens is 2. The van der Waals surface area contributed by atoms with Crippen molar-refractivity contribution in [2.24, 2.45) is 0 Å². The van der Waals surface area contributed by atoms with E-state index in [-0.39, 0.29) is 0 Å². The van der Waals surface area contributed by atoms with Crippen molar-refractivity contribution in [1.29, 1.82) is 0 Å². The molecule has 1 fully saturated rings. The second-order valence-electron chi connectivity index (χ2n) is 5.02. The van der Waals surface area contributed by atoms with E-state index < -0.39 is 11.5 Å². The molecule has 6 heteroatoms.